The highest BCUT2D eigenvalue weighted by Crippen LogP contribution is 2.11. The molecule has 0 unspecified atom stereocenters. The van der Waals surface area contributed by atoms with E-state index < -0.39 is 0 Å². The van der Waals surface area contributed by atoms with Crippen molar-refractivity contribution in [1.29, 1.82) is 0 Å². The van der Waals surface area contributed by atoms with Crippen molar-refractivity contribution in [3.63, 3.8) is 0 Å². The largest absolute Gasteiger partial charge is 0.494 e. The quantitative estimate of drug-likeness (QED) is 0.697. The lowest BCUT2D eigenvalue weighted by Gasteiger charge is -2.15. The van der Waals surface area contributed by atoms with Gasteiger partial charge in [-0.3, -0.25) is 0 Å². The van der Waals surface area contributed by atoms with E-state index in [0.717, 1.165) is 37.4 Å². The van der Waals surface area contributed by atoms with Crippen molar-refractivity contribution < 1.29 is 4.74 Å². The van der Waals surface area contributed by atoms with Crippen LogP contribution in [0.5, 0.6) is 5.75 Å². The van der Waals surface area contributed by atoms with Crippen LogP contribution < -0.4 is 10.5 Å². The molecule has 0 radical (unpaired) electrons. The van der Waals surface area contributed by atoms with Crippen molar-refractivity contribution in [2.24, 2.45) is 5.73 Å². The van der Waals surface area contributed by atoms with E-state index in [4.69, 9.17) is 10.5 Å². The topological polar surface area (TPSA) is 38.5 Å². The number of rotatable bonds is 9. The van der Waals surface area contributed by atoms with Gasteiger partial charge in [0, 0.05) is 25.4 Å². The van der Waals surface area contributed by atoms with E-state index in [1.807, 2.05) is 36.0 Å². The fraction of sp³-hybridized carbons (Fsp3) is 0.571. The van der Waals surface area contributed by atoms with Crippen LogP contribution in [0.3, 0.4) is 0 Å². The standard InChI is InChI=1S/C14H24N2OS/c1-16(9-11-18-2)8-3-10-17-14-6-4-13(12-15)5-7-14/h4-7H,3,8-12,15H2,1-2H3. The molecule has 0 bridgehead atoms. The fourth-order valence-corrected chi connectivity index (χ4v) is 2.10. The van der Waals surface area contributed by atoms with Crippen LogP contribution in [-0.4, -0.2) is 43.7 Å². The lowest BCUT2D eigenvalue weighted by molar-refractivity contribution is 0.269. The normalized spacial score (nSPS) is 10.9. The highest BCUT2D eigenvalue weighted by Gasteiger charge is 1.98. The number of thioether (sulfide) groups is 1. The molecule has 1 aromatic rings. The number of ether oxygens (including phenoxy) is 1. The zero-order chi connectivity index (χ0) is 13.2. The molecular weight excluding hydrogens is 244 g/mol. The molecule has 4 heteroatoms. The molecule has 0 spiro atoms. The van der Waals surface area contributed by atoms with E-state index in [9.17, 15) is 0 Å². The maximum Gasteiger partial charge on any atom is 0.119 e. The Kier molecular flexibility index (Phi) is 7.89. The summed E-state index contributed by atoms with van der Waals surface area (Å²) >= 11 is 1.89. The van der Waals surface area contributed by atoms with Gasteiger partial charge in [0.2, 0.25) is 0 Å². The van der Waals surface area contributed by atoms with Gasteiger partial charge in [0.1, 0.15) is 5.75 Å². The van der Waals surface area contributed by atoms with Crippen molar-refractivity contribution in [2.45, 2.75) is 13.0 Å². The Morgan fingerprint density at radius 2 is 1.94 bits per heavy atom. The summed E-state index contributed by atoms with van der Waals surface area (Å²) < 4.78 is 5.69. The first-order valence-electron chi connectivity index (χ1n) is 6.35. The molecule has 2 N–H and O–H groups in total. The molecule has 0 atom stereocenters. The number of benzene rings is 1. The number of nitrogens with zero attached hydrogens (tertiary/aromatic N) is 1. The second-order valence-corrected chi connectivity index (χ2v) is 5.33. The maximum absolute atomic E-state index is 5.69. The molecule has 0 fully saturated rings. The van der Waals surface area contributed by atoms with Gasteiger partial charge < -0.3 is 15.4 Å². The molecule has 0 aliphatic carbocycles. The Labute approximate surface area is 115 Å². The lowest BCUT2D eigenvalue weighted by atomic mass is 10.2. The lowest BCUT2D eigenvalue weighted by Crippen LogP contribution is -2.23. The van der Waals surface area contributed by atoms with Gasteiger partial charge in [-0.1, -0.05) is 12.1 Å². The molecule has 0 aromatic heterocycles. The Hall–Kier alpha value is -0.710. The summed E-state index contributed by atoms with van der Waals surface area (Å²) in [5.41, 5.74) is 6.68. The molecule has 102 valence electrons. The smallest absolute Gasteiger partial charge is 0.119 e. The molecule has 0 saturated heterocycles. The fourth-order valence-electron chi connectivity index (χ4n) is 1.61. The van der Waals surface area contributed by atoms with E-state index in [1.54, 1.807) is 0 Å². The van der Waals surface area contributed by atoms with Gasteiger partial charge in [0.05, 0.1) is 6.61 Å². The van der Waals surface area contributed by atoms with E-state index in [2.05, 4.69) is 18.2 Å². The third kappa shape index (κ3) is 6.28. The maximum atomic E-state index is 5.69. The summed E-state index contributed by atoms with van der Waals surface area (Å²) in [5.74, 6) is 2.12. The minimum Gasteiger partial charge on any atom is -0.494 e. The highest BCUT2D eigenvalue weighted by atomic mass is 32.2. The zero-order valence-corrected chi connectivity index (χ0v) is 12.2. The van der Waals surface area contributed by atoms with Crippen molar-refractivity contribution in [3.05, 3.63) is 29.8 Å². The van der Waals surface area contributed by atoms with Gasteiger partial charge in [-0.15, -0.1) is 0 Å². The second kappa shape index (κ2) is 9.25. The average Bonchev–Trinajstić information content (AvgIpc) is 2.42. The van der Waals surface area contributed by atoms with Crippen LogP contribution in [-0.2, 0) is 6.54 Å². The van der Waals surface area contributed by atoms with E-state index in [0.29, 0.717) is 6.54 Å². The molecular formula is C14H24N2OS. The van der Waals surface area contributed by atoms with Crippen LogP contribution in [0, 0.1) is 0 Å². The molecule has 0 aliphatic rings. The van der Waals surface area contributed by atoms with Crippen LogP contribution in [0.4, 0.5) is 0 Å². The minimum absolute atomic E-state index is 0.584. The molecule has 0 amide bonds. The summed E-state index contributed by atoms with van der Waals surface area (Å²) in [6.45, 7) is 3.58. The summed E-state index contributed by atoms with van der Waals surface area (Å²) in [6.07, 6.45) is 3.20. The van der Waals surface area contributed by atoms with Gasteiger partial charge >= 0.3 is 0 Å². The first-order valence-corrected chi connectivity index (χ1v) is 7.75. The van der Waals surface area contributed by atoms with Crippen LogP contribution in [0.2, 0.25) is 0 Å². The molecule has 1 rings (SSSR count). The van der Waals surface area contributed by atoms with Crippen molar-refractivity contribution in [1.82, 2.24) is 4.90 Å². The van der Waals surface area contributed by atoms with Gasteiger partial charge in [-0.25, -0.2) is 0 Å². The minimum atomic E-state index is 0.584. The van der Waals surface area contributed by atoms with Gasteiger partial charge in [0.15, 0.2) is 0 Å². The first-order chi connectivity index (χ1) is 8.76. The molecule has 0 heterocycles. The van der Waals surface area contributed by atoms with Crippen LogP contribution in [0.1, 0.15) is 12.0 Å². The monoisotopic (exact) mass is 268 g/mol. The van der Waals surface area contributed by atoms with Crippen LogP contribution >= 0.6 is 11.8 Å². The van der Waals surface area contributed by atoms with Gasteiger partial charge in [0.25, 0.3) is 0 Å². The third-order valence-corrected chi connectivity index (χ3v) is 3.38. The van der Waals surface area contributed by atoms with Crippen molar-refractivity contribution >= 4 is 11.8 Å². The van der Waals surface area contributed by atoms with E-state index in [1.165, 1.54) is 5.75 Å². The van der Waals surface area contributed by atoms with E-state index in [-0.39, 0.29) is 0 Å². The second-order valence-electron chi connectivity index (χ2n) is 4.35. The highest BCUT2D eigenvalue weighted by molar-refractivity contribution is 7.98. The first kappa shape index (κ1) is 15.3. The van der Waals surface area contributed by atoms with Crippen molar-refractivity contribution in [3.8, 4) is 5.75 Å². The predicted octanol–water partition coefficient (Wildman–Crippen LogP) is 2.21. The number of nitrogens with two attached hydrogens (primary N) is 1. The summed E-state index contributed by atoms with van der Waals surface area (Å²) in [4.78, 5) is 2.34. The molecule has 0 aliphatic heterocycles. The summed E-state index contributed by atoms with van der Waals surface area (Å²) in [7, 11) is 2.16. The van der Waals surface area contributed by atoms with E-state index >= 15 is 0 Å². The summed E-state index contributed by atoms with van der Waals surface area (Å²) in [6, 6.07) is 8.00. The van der Waals surface area contributed by atoms with Gasteiger partial charge in [-0.05, 0) is 37.4 Å². The SMILES string of the molecule is CSCCN(C)CCCOc1ccc(CN)cc1. The molecule has 18 heavy (non-hydrogen) atoms. The van der Waals surface area contributed by atoms with Crippen LogP contribution in [0.15, 0.2) is 24.3 Å². The average molecular weight is 268 g/mol. The Balaban J connectivity index is 2.13. The Bertz CT molecular complexity index is 316. The van der Waals surface area contributed by atoms with Crippen LogP contribution in [0.25, 0.3) is 0 Å². The number of hydrogen-bond acceptors (Lipinski definition) is 4. The van der Waals surface area contributed by atoms with Crippen molar-refractivity contribution in [2.75, 3.05) is 38.8 Å². The molecule has 3 nitrogen and oxygen atoms in total. The Morgan fingerprint density at radius 3 is 2.56 bits per heavy atom. The van der Waals surface area contributed by atoms with Gasteiger partial charge in [-0.2, -0.15) is 11.8 Å². The summed E-state index contributed by atoms with van der Waals surface area (Å²) in [5, 5.41) is 0. The molecule has 1 aromatic carbocycles. The third-order valence-electron chi connectivity index (χ3n) is 2.79. The zero-order valence-electron chi connectivity index (χ0n) is 11.4. The predicted molar refractivity (Wildman–Crippen MR) is 80.3 cm³/mol. The number of hydrogen-bond donors (Lipinski definition) is 1. The Morgan fingerprint density at radius 1 is 1.22 bits per heavy atom. The molecule has 0 saturated carbocycles.